The van der Waals surface area contributed by atoms with E-state index in [-0.39, 0.29) is 46.1 Å². The number of thioether (sulfide) groups is 2. The Morgan fingerprint density at radius 2 is 2.22 bits per heavy atom. The van der Waals surface area contributed by atoms with E-state index in [1.165, 1.54) is 40.2 Å². The fourth-order valence-electron chi connectivity index (χ4n) is 2.98. The number of carboxylic acid groups (broad SMARTS) is 1. The second kappa shape index (κ2) is 10.5. The smallest absolute Gasteiger partial charge is 0.543 e. The molecule has 4 heterocycles. The molecule has 1 unspecified atom stereocenters. The molecule has 4 N–H and O–H groups in total. The first-order valence-electron chi connectivity index (χ1n) is 8.42. The van der Waals surface area contributed by atoms with Crippen LogP contribution in [0, 0.1) is 0 Å². The van der Waals surface area contributed by atoms with E-state index >= 15 is 0 Å². The Morgan fingerprint density at radius 3 is 2.81 bits per heavy atom. The van der Waals surface area contributed by atoms with Crippen molar-refractivity contribution in [2.75, 3.05) is 17.2 Å². The SMILES string of the molecule is Nc1nc(C(=NO)C(=O)NC2C(=O)N3C(C(=O)[O-])=C(CSc4nncs4)CS[C@@H]23)cs1.[Na+]. The van der Waals surface area contributed by atoms with E-state index in [0.717, 1.165) is 16.2 Å². The molecule has 0 saturated carbocycles. The Kier molecular flexibility index (Phi) is 8.18. The molecule has 0 radical (unpaired) electrons. The Morgan fingerprint density at radius 1 is 1.44 bits per heavy atom. The molecule has 0 bridgehead atoms. The number of aromatic nitrogens is 3. The zero-order valence-electron chi connectivity index (χ0n) is 16.3. The van der Waals surface area contributed by atoms with Gasteiger partial charge in [-0.05, 0) is 5.57 Å². The summed E-state index contributed by atoms with van der Waals surface area (Å²) in [5.74, 6) is -2.25. The van der Waals surface area contributed by atoms with E-state index < -0.39 is 34.9 Å². The first-order valence-corrected chi connectivity index (χ1v) is 12.2. The van der Waals surface area contributed by atoms with Gasteiger partial charge in [0.15, 0.2) is 15.2 Å². The maximum Gasteiger partial charge on any atom is 1.00 e. The molecule has 0 aliphatic carbocycles. The van der Waals surface area contributed by atoms with Crippen molar-refractivity contribution >= 4 is 74.8 Å². The van der Waals surface area contributed by atoms with Gasteiger partial charge in [-0.15, -0.1) is 33.3 Å². The molecule has 4 rings (SSSR count). The van der Waals surface area contributed by atoms with Crippen LogP contribution in [-0.2, 0) is 14.4 Å². The van der Waals surface area contributed by atoms with E-state index in [1.807, 2.05) is 0 Å². The second-order valence-electron chi connectivity index (χ2n) is 6.11. The molecule has 2 atom stereocenters. The van der Waals surface area contributed by atoms with Crippen LogP contribution in [0.2, 0.25) is 0 Å². The van der Waals surface area contributed by atoms with Crippen molar-refractivity contribution in [2.24, 2.45) is 5.16 Å². The van der Waals surface area contributed by atoms with E-state index in [9.17, 15) is 24.7 Å². The number of fused-ring (bicyclic) bond motifs is 1. The summed E-state index contributed by atoms with van der Waals surface area (Å²) in [4.78, 5) is 42.0. The van der Waals surface area contributed by atoms with Gasteiger partial charge in [-0.2, -0.15) is 0 Å². The minimum atomic E-state index is -1.47. The number of carboxylic acids is 1. The van der Waals surface area contributed by atoms with E-state index in [0.29, 0.717) is 21.4 Å². The topological polar surface area (TPSA) is 187 Å². The molecule has 2 amide bonds. The average Bonchev–Trinajstić information content (AvgIpc) is 3.42. The van der Waals surface area contributed by atoms with E-state index in [4.69, 9.17) is 5.73 Å². The zero-order valence-corrected chi connectivity index (χ0v) is 21.5. The van der Waals surface area contributed by atoms with Gasteiger partial charge in [-0.25, -0.2) is 4.98 Å². The summed E-state index contributed by atoms with van der Waals surface area (Å²) in [5.41, 5.74) is 7.09. The molecule has 2 aromatic rings. The van der Waals surface area contributed by atoms with Crippen molar-refractivity contribution in [3.05, 3.63) is 27.9 Å². The van der Waals surface area contributed by atoms with Gasteiger partial charge in [0.2, 0.25) is 0 Å². The summed E-state index contributed by atoms with van der Waals surface area (Å²) in [6.07, 6.45) is 0. The number of amides is 2. The zero-order chi connectivity index (χ0) is 22.1. The second-order valence-corrected chi connectivity index (χ2v) is 10.2. The van der Waals surface area contributed by atoms with Gasteiger partial charge >= 0.3 is 29.6 Å². The Hall–Kier alpha value is -1.69. The Labute approximate surface area is 219 Å². The molecule has 0 spiro atoms. The number of hydrogen-bond acceptors (Lipinski definition) is 14. The molecule has 12 nitrogen and oxygen atoms in total. The van der Waals surface area contributed by atoms with Crippen molar-refractivity contribution < 1.29 is 54.3 Å². The van der Waals surface area contributed by atoms with Crippen LogP contribution in [0.1, 0.15) is 5.69 Å². The number of aliphatic carboxylic acids is 1. The molecular weight excluding hydrogens is 509 g/mol. The fourth-order valence-corrected chi connectivity index (χ4v) is 6.50. The summed E-state index contributed by atoms with van der Waals surface area (Å²) in [6, 6.07) is -0.989. The molecule has 32 heavy (non-hydrogen) atoms. The van der Waals surface area contributed by atoms with Gasteiger partial charge in [-0.1, -0.05) is 28.3 Å². The van der Waals surface area contributed by atoms with Gasteiger partial charge < -0.3 is 26.2 Å². The van der Waals surface area contributed by atoms with Crippen molar-refractivity contribution in [1.82, 2.24) is 25.4 Å². The van der Waals surface area contributed by atoms with Crippen molar-refractivity contribution in [2.45, 2.75) is 15.8 Å². The third-order valence-electron chi connectivity index (χ3n) is 4.32. The number of thiazole rings is 1. The molecular formula is C15H12N7NaO5S4. The molecule has 2 aliphatic rings. The van der Waals surface area contributed by atoms with E-state index in [1.54, 1.807) is 5.51 Å². The monoisotopic (exact) mass is 521 g/mol. The molecule has 1 fully saturated rings. The number of nitrogens with zero attached hydrogens (tertiary/aromatic N) is 5. The Bertz CT molecular complexity index is 1110. The third-order valence-corrected chi connectivity index (χ3v) is 8.28. The number of rotatable bonds is 7. The number of hydrogen-bond donors (Lipinski definition) is 3. The van der Waals surface area contributed by atoms with Crippen LogP contribution in [0.4, 0.5) is 5.13 Å². The average molecular weight is 522 g/mol. The summed E-state index contributed by atoms with van der Waals surface area (Å²) in [5, 5.41) is 35.0. The summed E-state index contributed by atoms with van der Waals surface area (Å²) < 4.78 is 0.677. The third kappa shape index (κ3) is 4.80. The molecule has 17 heteroatoms. The van der Waals surface area contributed by atoms with Gasteiger partial charge in [0.05, 0.1) is 11.7 Å². The summed E-state index contributed by atoms with van der Waals surface area (Å²) in [7, 11) is 0. The predicted molar refractivity (Wildman–Crippen MR) is 113 cm³/mol. The van der Waals surface area contributed by atoms with Crippen LogP contribution in [0.3, 0.4) is 0 Å². The largest absolute Gasteiger partial charge is 1.00 e. The van der Waals surface area contributed by atoms with Crippen LogP contribution >= 0.6 is 46.2 Å². The summed E-state index contributed by atoms with van der Waals surface area (Å²) in [6.45, 7) is 0. The van der Waals surface area contributed by atoms with Gasteiger partial charge in [0, 0.05) is 16.9 Å². The Balaban J connectivity index is 0.00000289. The molecule has 0 aromatic carbocycles. The number of β-lactam (4-membered cyclic amide) rings is 1. The number of nitrogen functional groups attached to an aromatic ring is 1. The summed E-state index contributed by atoms with van der Waals surface area (Å²) >= 11 is 5.01. The quantitative estimate of drug-likeness (QED) is 0.0804. The van der Waals surface area contributed by atoms with E-state index in [2.05, 4.69) is 25.7 Å². The fraction of sp³-hybridized carbons (Fsp3) is 0.267. The van der Waals surface area contributed by atoms with Crippen LogP contribution < -0.4 is 45.7 Å². The maximum atomic E-state index is 12.7. The number of carbonyl (C=O) groups excluding carboxylic acids is 3. The normalized spacial score (nSPS) is 20.3. The predicted octanol–water partition coefficient (Wildman–Crippen LogP) is -4.04. The first-order chi connectivity index (χ1) is 14.9. The van der Waals surface area contributed by atoms with Gasteiger partial charge in [0.25, 0.3) is 11.8 Å². The van der Waals surface area contributed by atoms with Crippen LogP contribution in [0.25, 0.3) is 0 Å². The number of carbonyl (C=O) groups is 3. The maximum absolute atomic E-state index is 12.7. The number of anilines is 1. The standard InChI is InChI=1S/C15H13N7O5S4.Na/c16-14-18-6(3-29-14)7(21-27)10(23)19-8-11(24)22-9(13(25)26)5(1-28-12(8)22)2-30-15-20-17-4-31-15;/h3-4,8,12,27H,1-2H2,(H2,16,18)(H,19,23)(H,25,26);/q;+1/p-1/t8?,12-;/m0./s1. The minimum absolute atomic E-state index is 0. The number of oxime groups is 1. The van der Waals surface area contributed by atoms with Gasteiger partial charge in [-0.3, -0.25) is 14.5 Å². The number of nitrogens with one attached hydrogen (secondary N) is 1. The van der Waals surface area contributed by atoms with Gasteiger partial charge in [0.1, 0.15) is 22.6 Å². The van der Waals surface area contributed by atoms with Crippen molar-refractivity contribution in [3.63, 3.8) is 0 Å². The minimum Gasteiger partial charge on any atom is -0.543 e. The van der Waals surface area contributed by atoms with Crippen LogP contribution in [0.15, 0.2) is 31.7 Å². The number of nitrogens with two attached hydrogens (primary N) is 1. The molecule has 1 saturated heterocycles. The van der Waals surface area contributed by atoms with Crippen molar-refractivity contribution in [3.8, 4) is 0 Å². The first kappa shape index (κ1) is 24.9. The molecule has 2 aliphatic heterocycles. The van der Waals surface area contributed by atoms with Crippen molar-refractivity contribution in [1.29, 1.82) is 0 Å². The molecule has 162 valence electrons. The molecule has 2 aromatic heterocycles. The van der Waals surface area contributed by atoms with Crippen LogP contribution in [-0.4, -0.2) is 71.7 Å². The van der Waals surface area contributed by atoms with Crippen LogP contribution in [0.5, 0.6) is 0 Å².